The zero-order chi connectivity index (χ0) is 15.2. The van der Waals surface area contributed by atoms with Gasteiger partial charge in [-0.15, -0.1) is 0 Å². The van der Waals surface area contributed by atoms with E-state index in [0.717, 1.165) is 11.8 Å². The molecule has 1 aromatic carbocycles. The first kappa shape index (κ1) is 16.8. The monoisotopic (exact) mass is 306 g/mol. The summed E-state index contributed by atoms with van der Waals surface area (Å²) in [6, 6.07) is 4.47. The summed E-state index contributed by atoms with van der Waals surface area (Å²) in [5.41, 5.74) is 4.94. The molecule has 0 fully saturated rings. The highest BCUT2D eigenvalue weighted by molar-refractivity contribution is 7.98. The van der Waals surface area contributed by atoms with Crippen molar-refractivity contribution in [3.8, 4) is 0 Å². The van der Waals surface area contributed by atoms with E-state index in [0.29, 0.717) is 6.42 Å². The van der Waals surface area contributed by atoms with Crippen LogP contribution in [-0.2, 0) is 17.5 Å². The Morgan fingerprint density at radius 3 is 2.65 bits per heavy atom. The molecular weight excluding hydrogens is 289 g/mol. The van der Waals surface area contributed by atoms with Gasteiger partial charge in [-0.1, -0.05) is 18.2 Å². The molecule has 0 radical (unpaired) electrons. The van der Waals surface area contributed by atoms with Gasteiger partial charge in [-0.05, 0) is 30.1 Å². The topological polar surface area (TPSA) is 55.1 Å². The van der Waals surface area contributed by atoms with Crippen molar-refractivity contribution in [3.05, 3.63) is 35.4 Å². The minimum absolute atomic E-state index is 0.0328. The summed E-state index contributed by atoms with van der Waals surface area (Å²) in [6.45, 7) is -0.179. The number of rotatable bonds is 6. The number of benzene rings is 1. The van der Waals surface area contributed by atoms with Crippen LogP contribution < -0.4 is 11.1 Å². The van der Waals surface area contributed by atoms with Crippen molar-refractivity contribution in [3.63, 3.8) is 0 Å². The fourth-order valence-corrected chi connectivity index (χ4v) is 2.13. The highest BCUT2D eigenvalue weighted by Crippen LogP contribution is 2.31. The highest BCUT2D eigenvalue weighted by Gasteiger charge is 2.32. The lowest BCUT2D eigenvalue weighted by Crippen LogP contribution is -2.40. The quantitative estimate of drug-likeness (QED) is 0.848. The number of amides is 1. The smallest absolute Gasteiger partial charge is 0.351 e. The molecule has 0 unspecified atom stereocenters. The summed E-state index contributed by atoms with van der Waals surface area (Å²) < 4.78 is 38.3. The fraction of sp³-hybridized carbons (Fsp3) is 0.462. The van der Waals surface area contributed by atoms with Crippen LogP contribution in [0.25, 0.3) is 0 Å². The first-order valence-corrected chi connectivity index (χ1v) is 7.43. The second-order valence-electron chi connectivity index (χ2n) is 4.26. The van der Waals surface area contributed by atoms with Gasteiger partial charge in [0, 0.05) is 6.54 Å². The molecule has 0 bridgehead atoms. The van der Waals surface area contributed by atoms with E-state index >= 15 is 0 Å². The van der Waals surface area contributed by atoms with Gasteiger partial charge in [-0.25, -0.2) is 0 Å². The van der Waals surface area contributed by atoms with Crippen LogP contribution in [-0.4, -0.2) is 24.0 Å². The van der Waals surface area contributed by atoms with Gasteiger partial charge in [0.05, 0.1) is 11.6 Å². The van der Waals surface area contributed by atoms with E-state index in [4.69, 9.17) is 5.73 Å². The van der Waals surface area contributed by atoms with E-state index in [1.165, 1.54) is 18.2 Å². The van der Waals surface area contributed by atoms with E-state index in [-0.39, 0.29) is 12.1 Å². The molecule has 0 saturated heterocycles. The lowest BCUT2D eigenvalue weighted by Gasteiger charge is -2.15. The fourth-order valence-electron chi connectivity index (χ4n) is 1.64. The summed E-state index contributed by atoms with van der Waals surface area (Å²) in [6.07, 6.45) is -2.04. The van der Waals surface area contributed by atoms with Crippen LogP contribution in [0.1, 0.15) is 17.5 Å². The third kappa shape index (κ3) is 5.05. The third-order valence-corrected chi connectivity index (χ3v) is 3.39. The Balaban J connectivity index is 2.64. The van der Waals surface area contributed by atoms with Crippen LogP contribution >= 0.6 is 11.8 Å². The van der Waals surface area contributed by atoms with E-state index in [2.05, 4.69) is 5.32 Å². The molecule has 7 heteroatoms. The molecule has 1 rings (SSSR count). The van der Waals surface area contributed by atoms with Crippen molar-refractivity contribution >= 4 is 17.7 Å². The zero-order valence-electron chi connectivity index (χ0n) is 11.0. The summed E-state index contributed by atoms with van der Waals surface area (Å²) in [5.74, 6) is 0.296. The second-order valence-corrected chi connectivity index (χ2v) is 5.25. The lowest BCUT2D eigenvalue weighted by atomic mass is 10.1. The van der Waals surface area contributed by atoms with Crippen molar-refractivity contribution in [2.24, 2.45) is 5.73 Å². The summed E-state index contributed by atoms with van der Waals surface area (Å²) in [7, 11) is 0. The molecule has 0 aliphatic heterocycles. The molecule has 0 aliphatic carbocycles. The summed E-state index contributed by atoms with van der Waals surface area (Å²) >= 11 is 1.56. The third-order valence-electron chi connectivity index (χ3n) is 2.75. The maximum atomic E-state index is 12.8. The number of nitrogens with one attached hydrogen (secondary N) is 1. The minimum Gasteiger partial charge on any atom is -0.351 e. The van der Waals surface area contributed by atoms with Crippen LogP contribution in [0.2, 0.25) is 0 Å². The molecule has 0 aliphatic rings. The van der Waals surface area contributed by atoms with Gasteiger partial charge in [0.1, 0.15) is 0 Å². The van der Waals surface area contributed by atoms with Gasteiger partial charge in [0.15, 0.2) is 0 Å². The Labute approximate surface area is 120 Å². The Kier molecular flexibility index (Phi) is 6.35. The van der Waals surface area contributed by atoms with Crippen molar-refractivity contribution in [1.82, 2.24) is 5.32 Å². The largest absolute Gasteiger partial charge is 0.416 e. The standard InChI is InChI=1S/C13H17F3N2OS/c1-20-7-6-11(17)12(19)18-8-9-4-2-3-5-10(9)13(14,15)16/h2-5,11H,6-8,17H2,1H3,(H,18,19)/t11-/m1/s1. The summed E-state index contributed by atoms with van der Waals surface area (Å²) in [4.78, 5) is 11.7. The first-order valence-electron chi connectivity index (χ1n) is 6.03. The van der Waals surface area contributed by atoms with Crippen molar-refractivity contribution in [2.75, 3.05) is 12.0 Å². The SMILES string of the molecule is CSCC[C@@H](N)C(=O)NCc1ccccc1C(F)(F)F. The number of hydrogen-bond acceptors (Lipinski definition) is 3. The molecule has 0 spiro atoms. The second kappa shape index (κ2) is 7.54. The van der Waals surface area contributed by atoms with Gasteiger partial charge in [-0.3, -0.25) is 4.79 Å². The lowest BCUT2D eigenvalue weighted by molar-refractivity contribution is -0.138. The van der Waals surface area contributed by atoms with Crippen LogP contribution in [0.3, 0.4) is 0 Å². The molecule has 1 atom stereocenters. The molecule has 1 amide bonds. The zero-order valence-corrected chi connectivity index (χ0v) is 11.9. The molecule has 0 aromatic heterocycles. The maximum Gasteiger partial charge on any atom is 0.416 e. The van der Waals surface area contributed by atoms with Crippen molar-refractivity contribution in [2.45, 2.75) is 25.2 Å². The molecule has 0 saturated carbocycles. The van der Waals surface area contributed by atoms with Crippen LogP contribution in [0.5, 0.6) is 0 Å². The number of nitrogens with two attached hydrogens (primary N) is 1. The van der Waals surface area contributed by atoms with Crippen LogP contribution in [0.15, 0.2) is 24.3 Å². The normalized spacial score (nSPS) is 13.1. The molecule has 3 nitrogen and oxygen atoms in total. The predicted molar refractivity (Wildman–Crippen MR) is 74.3 cm³/mol. The highest BCUT2D eigenvalue weighted by atomic mass is 32.2. The van der Waals surface area contributed by atoms with Gasteiger partial charge in [0.25, 0.3) is 0 Å². The summed E-state index contributed by atoms with van der Waals surface area (Å²) in [5, 5.41) is 2.45. The van der Waals surface area contributed by atoms with Gasteiger partial charge >= 0.3 is 6.18 Å². The van der Waals surface area contributed by atoms with Crippen LogP contribution in [0, 0.1) is 0 Å². The molecular formula is C13H17F3N2OS. The number of thioether (sulfide) groups is 1. The number of hydrogen-bond donors (Lipinski definition) is 2. The van der Waals surface area contributed by atoms with Gasteiger partial charge in [-0.2, -0.15) is 24.9 Å². The molecule has 1 aromatic rings. The Morgan fingerprint density at radius 1 is 1.40 bits per heavy atom. The van der Waals surface area contributed by atoms with Gasteiger partial charge < -0.3 is 11.1 Å². The number of carbonyl (C=O) groups excluding carboxylic acids is 1. The number of carbonyl (C=O) groups is 1. The molecule has 0 heterocycles. The Bertz CT molecular complexity index is 451. The maximum absolute atomic E-state index is 12.8. The predicted octanol–water partition coefficient (Wildman–Crippen LogP) is 2.40. The van der Waals surface area contributed by atoms with E-state index in [9.17, 15) is 18.0 Å². The number of halogens is 3. The van der Waals surface area contributed by atoms with Crippen molar-refractivity contribution < 1.29 is 18.0 Å². The van der Waals surface area contributed by atoms with E-state index in [1.54, 1.807) is 11.8 Å². The average Bonchev–Trinajstić information content (AvgIpc) is 2.41. The first-order chi connectivity index (χ1) is 9.36. The van der Waals surface area contributed by atoms with E-state index in [1.807, 2.05) is 6.26 Å². The molecule has 3 N–H and O–H groups in total. The Hall–Kier alpha value is -1.21. The number of alkyl halides is 3. The van der Waals surface area contributed by atoms with E-state index < -0.39 is 23.7 Å². The molecule has 112 valence electrons. The average molecular weight is 306 g/mol. The van der Waals surface area contributed by atoms with Crippen molar-refractivity contribution in [1.29, 1.82) is 0 Å². The Morgan fingerprint density at radius 2 is 2.05 bits per heavy atom. The minimum atomic E-state index is -4.43. The van der Waals surface area contributed by atoms with Crippen LogP contribution in [0.4, 0.5) is 13.2 Å². The van der Waals surface area contributed by atoms with Gasteiger partial charge in [0.2, 0.25) is 5.91 Å². The molecule has 20 heavy (non-hydrogen) atoms.